The molecule has 0 saturated heterocycles. The van der Waals surface area contributed by atoms with Crippen LogP contribution in [0.5, 0.6) is 0 Å². The molecule has 3 nitrogen and oxygen atoms in total. The van der Waals surface area contributed by atoms with E-state index in [1.165, 1.54) is 6.42 Å². The Hall–Kier alpha value is -1.64. The summed E-state index contributed by atoms with van der Waals surface area (Å²) in [6.07, 6.45) is 4.37. The summed E-state index contributed by atoms with van der Waals surface area (Å²) in [7, 11) is 0. The lowest BCUT2D eigenvalue weighted by Crippen LogP contribution is -2.23. The fraction of sp³-hybridized carbons (Fsp3) is 0.500. The molecule has 102 valence electrons. The van der Waals surface area contributed by atoms with Crippen molar-refractivity contribution in [3.05, 3.63) is 35.4 Å². The zero-order valence-corrected chi connectivity index (χ0v) is 11.5. The lowest BCUT2D eigenvalue weighted by Gasteiger charge is -2.36. The summed E-state index contributed by atoms with van der Waals surface area (Å²) in [6.45, 7) is 4.47. The minimum absolute atomic E-state index is 0.266. The molecule has 2 rings (SSSR count). The van der Waals surface area contributed by atoms with Gasteiger partial charge in [-0.2, -0.15) is 0 Å². The van der Waals surface area contributed by atoms with Crippen LogP contribution in [-0.4, -0.2) is 16.9 Å². The highest BCUT2D eigenvalue weighted by molar-refractivity contribution is 6.40. The van der Waals surface area contributed by atoms with E-state index in [-0.39, 0.29) is 5.41 Å². The van der Waals surface area contributed by atoms with E-state index < -0.39 is 11.8 Å². The third kappa shape index (κ3) is 3.03. The number of rotatable bonds is 3. The van der Waals surface area contributed by atoms with Gasteiger partial charge in [0.1, 0.15) is 0 Å². The van der Waals surface area contributed by atoms with Crippen molar-refractivity contribution in [2.24, 2.45) is 5.41 Å². The number of carboxylic acid groups (broad SMARTS) is 1. The molecule has 0 amide bonds. The molecule has 1 aromatic rings. The zero-order chi connectivity index (χ0) is 14.0. The van der Waals surface area contributed by atoms with Gasteiger partial charge in [-0.1, -0.05) is 44.5 Å². The Bertz CT molecular complexity index is 502. The number of benzene rings is 1. The fourth-order valence-electron chi connectivity index (χ4n) is 3.14. The Balaban J connectivity index is 2.34. The fourth-order valence-corrected chi connectivity index (χ4v) is 3.14. The number of carboxylic acids is 1. The van der Waals surface area contributed by atoms with Gasteiger partial charge in [0, 0.05) is 5.56 Å². The van der Waals surface area contributed by atoms with Crippen molar-refractivity contribution in [1.82, 2.24) is 0 Å². The highest BCUT2D eigenvalue weighted by atomic mass is 16.4. The largest absolute Gasteiger partial charge is 0.475 e. The van der Waals surface area contributed by atoms with E-state index in [9.17, 15) is 9.59 Å². The smallest absolute Gasteiger partial charge is 0.377 e. The maximum Gasteiger partial charge on any atom is 0.377 e. The van der Waals surface area contributed by atoms with Crippen LogP contribution in [0.4, 0.5) is 0 Å². The van der Waals surface area contributed by atoms with Gasteiger partial charge in [-0.3, -0.25) is 4.79 Å². The highest BCUT2D eigenvalue weighted by Crippen LogP contribution is 2.44. The molecule has 0 aliphatic heterocycles. The average molecular weight is 260 g/mol. The van der Waals surface area contributed by atoms with Crippen molar-refractivity contribution in [1.29, 1.82) is 0 Å². The minimum atomic E-state index is -1.37. The molecule has 3 heteroatoms. The first-order valence-electron chi connectivity index (χ1n) is 6.77. The Kier molecular flexibility index (Phi) is 3.74. The summed E-state index contributed by atoms with van der Waals surface area (Å²) in [4.78, 5) is 22.7. The van der Waals surface area contributed by atoms with E-state index in [4.69, 9.17) is 5.11 Å². The summed E-state index contributed by atoms with van der Waals surface area (Å²) in [6, 6.07) is 7.15. The number of aliphatic carboxylic acids is 1. The summed E-state index contributed by atoms with van der Waals surface area (Å²) in [5, 5.41) is 8.91. The average Bonchev–Trinajstić information content (AvgIpc) is 2.36. The summed E-state index contributed by atoms with van der Waals surface area (Å²) in [5.74, 6) is -1.87. The molecular formula is C16H20O3. The van der Waals surface area contributed by atoms with Gasteiger partial charge in [0.15, 0.2) is 0 Å². The number of hydrogen-bond donors (Lipinski definition) is 1. The van der Waals surface area contributed by atoms with Gasteiger partial charge < -0.3 is 5.11 Å². The van der Waals surface area contributed by atoms with E-state index >= 15 is 0 Å². The first kappa shape index (κ1) is 13.8. The number of Topliss-reactive ketones (excluding diaryl/α,β-unsaturated/α-hetero) is 1. The second-order valence-corrected chi connectivity index (χ2v) is 6.18. The van der Waals surface area contributed by atoms with E-state index in [1.54, 1.807) is 12.1 Å². The summed E-state index contributed by atoms with van der Waals surface area (Å²) < 4.78 is 0. The minimum Gasteiger partial charge on any atom is -0.475 e. The van der Waals surface area contributed by atoms with Crippen molar-refractivity contribution in [2.45, 2.75) is 45.4 Å². The van der Waals surface area contributed by atoms with Crippen LogP contribution in [0.15, 0.2) is 24.3 Å². The van der Waals surface area contributed by atoms with E-state index in [1.807, 2.05) is 12.1 Å². The molecule has 0 spiro atoms. The quantitative estimate of drug-likeness (QED) is 0.667. The van der Waals surface area contributed by atoms with Crippen LogP contribution in [0, 0.1) is 5.41 Å². The predicted molar refractivity (Wildman–Crippen MR) is 73.4 cm³/mol. The molecule has 19 heavy (non-hydrogen) atoms. The Morgan fingerprint density at radius 3 is 2.58 bits per heavy atom. The van der Waals surface area contributed by atoms with Crippen LogP contribution in [0.25, 0.3) is 0 Å². The van der Waals surface area contributed by atoms with Crippen molar-refractivity contribution < 1.29 is 14.7 Å². The monoisotopic (exact) mass is 260 g/mol. The topological polar surface area (TPSA) is 54.4 Å². The second-order valence-electron chi connectivity index (χ2n) is 6.18. The SMILES string of the molecule is CC1(C)CCCC(c2ccccc2C(=O)C(=O)O)C1. The molecule has 0 aromatic heterocycles. The number of carbonyl (C=O) groups is 2. The third-order valence-electron chi connectivity index (χ3n) is 4.04. The molecule has 0 bridgehead atoms. The first-order valence-corrected chi connectivity index (χ1v) is 6.77. The van der Waals surface area contributed by atoms with E-state index in [0.29, 0.717) is 11.5 Å². The molecule has 0 radical (unpaired) electrons. The summed E-state index contributed by atoms with van der Waals surface area (Å²) >= 11 is 0. The standard InChI is InChI=1S/C16H20O3/c1-16(2)9-5-6-11(10-16)12-7-3-4-8-13(12)14(17)15(18)19/h3-4,7-8,11H,5-6,9-10H2,1-2H3,(H,18,19). The molecule has 1 aromatic carbocycles. The molecule has 1 unspecified atom stereocenters. The highest BCUT2D eigenvalue weighted by Gasteiger charge is 2.31. The number of ketones is 1. The van der Waals surface area contributed by atoms with Crippen LogP contribution >= 0.6 is 0 Å². The Morgan fingerprint density at radius 1 is 1.26 bits per heavy atom. The molecule has 1 atom stereocenters. The van der Waals surface area contributed by atoms with Crippen LogP contribution < -0.4 is 0 Å². The van der Waals surface area contributed by atoms with Gasteiger partial charge in [0.05, 0.1) is 0 Å². The third-order valence-corrected chi connectivity index (χ3v) is 4.04. The van der Waals surface area contributed by atoms with Gasteiger partial charge in [-0.15, -0.1) is 0 Å². The Labute approximate surface area is 113 Å². The molecule has 1 aliphatic carbocycles. The molecule has 1 aliphatic rings. The van der Waals surface area contributed by atoms with Crippen LogP contribution in [0.2, 0.25) is 0 Å². The van der Waals surface area contributed by atoms with Crippen LogP contribution in [-0.2, 0) is 4.79 Å². The molecule has 1 fully saturated rings. The van der Waals surface area contributed by atoms with Gasteiger partial charge in [-0.25, -0.2) is 4.79 Å². The van der Waals surface area contributed by atoms with Crippen molar-refractivity contribution >= 4 is 11.8 Å². The maximum absolute atomic E-state index is 11.8. The normalized spacial score (nSPS) is 21.9. The van der Waals surface area contributed by atoms with Gasteiger partial charge in [0.25, 0.3) is 5.78 Å². The van der Waals surface area contributed by atoms with Crippen LogP contribution in [0.3, 0.4) is 0 Å². The van der Waals surface area contributed by atoms with Crippen molar-refractivity contribution in [3.8, 4) is 0 Å². The van der Waals surface area contributed by atoms with E-state index in [2.05, 4.69) is 13.8 Å². The summed E-state index contributed by atoms with van der Waals surface area (Å²) in [5.41, 5.74) is 1.53. The Morgan fingerprint density at radius 2 is 1.95 bits per heavy atom. The van der Waals surface area contributed by atoms with Crippen molar-refractivity contribution in [2.75, 3.05) is 0 Å². The second kappa shape index (κ2) is 5.16. The lowest BCUT2D eigenvalue weighted by atomic mass is 9.69. The lowest BCUT2D eigenvalue weighted by molar-refractivity contribution is -0.131. The van der Waals surface area contributed by atoms with E-state index in [0.717, 1.165) is 24.8 Å². The van der Waals surface area contributed by atoms with Gasteiger partial charge in [0.2, 0.25) is 0 Å². The molecule has 1 N–H and O–H groups in total. The maximum atomic E-state index is 11.8. The van der Waals surface area contributed by atoms with Crippen LogP contribution in [0.1, 0.15) is 61.4 Å². The first-order chi connectivity index (χ1) is 8.91. The van der Waals surface area contributed by atoms with Crippen molar-refractivity contribution in [3.63, 3.8) is 0 Å². The molecule has 0 heterocycles. The molecule has 1 saturated carbocycles. The number of carbonyl (C=O) groups excluding carboxylic acids is 1. The number of hydrogen-bond acceptors (Lipinski definition) is 2. The predicted octanol–water partition coefficient (Wildman–Crippen LogP) is 3.64. The zero-order valence-electron chi connectivity index (χ0n) is 11.5. The van der Waals surface area contributed by atoms with Gasteiger partial charge >= 0.3 is 5.97 Å². The molecular weight excluding hydrogens is 240 g/mol. The van der Waals surface area contributed by atoms with Gasteiger partial charge in [-0.05, 0) is 36.2 Å².